The van der Waals surface area contributed by atoms with Gasteiger partial charge in [0.2, 0.25) is 11.8 Å². The third kappa shape index (κ3) is 5.49. The molecule has 1 fully saturated rings. The third-order valence-corrected chi connectivity index (χ3v) is 6.97. The molecule has 0 unspecified atom stereocenters. The number of anilines is 4. The Hall–Kier alpha value is -4.74. The lowest BCUT2D eigenvalue weighted by Crippen LogP contribution is -2.50. The number of carbonyl (C=O) groups is 1. The van der Waals surface area contributed by atoms with Gasteiger partial charge in [0, 0.05) is 62.5 Å². The van der Waals surface area contributed by atoms with Crippen molar-refractivity contribution in [2.45, 2.75) is 26.4 Å². The summed E-state index contributed by atoms with van der Waals surface area (Å²) in [4.78, 5) is 41.4. The molecule has 0 saturated carbocycles. The second kappa shape index (κ2) is 10.7. The number of aromatic nitrogens is 4. The highest BCUT2D eigenvalue weighted by molar-refractivity contribution is 6.35. The average Bonchev–Trinajstić information content (AvgIpc) is 3.47. The van der Waals surface area contributed by atoms with Crippen molar-refractivity contribution in [3.63, 3.8) is 0 Å². The topological polar surface area (TPSA) is 121 Å². The second-order valence-corrected chi connectivity index (χ2v) is 10.9. The van der Waals surface area contributed by atoms with Gasteiger partial charge in [-0.1, -0.05) is 0 Å². The molecule has 1 N–H and O–H groups in total. The molecule has 3 aliphatic rings. The number of methoxy groups -OCH3 is 1. The van der Waals surface area contributed by atoms with E-state index in [2.05, 4.69) is 31.2 Å². The zero-order valence-corrected chi connectivity index (χ0v) is 23.7. The van der Waals surface area contributed by atoms with E-state index in [1.807, 2.05) is 51.2 Å². The maximum atomic E-state index is 12.4. The summed E-state index contributed by atoms with van der Waals surface area (Å²) in [5, 5.41) is 3.28. The van der Waals surface area contributed by atoms with Crippen molar-refractivity contribution in [1.29, 1.82) is 0 Å². The zero-order valence-electron chi connectivity index (χ0n) is 23.7. The Morgan fingerprint density at radius 1 is 1.00 bits per heavy atom. The molecule has 1 saturated heterocycles. The molecule has 6 rings (SSSR count). The minimum atomic E-state index is -0.516. The predicted molar refractivity (Wildman–Crippen MR) is 158 cm³/mol. The average molecular weight is 556 g/mol. The second-order valence-electron chi connectivity index (χ2n) is 10.9. The van der Waals surface area contributed by atoms with Crippen LogP contribution in [0.15, 0.2) is 47.8 Å². The predicted octanol–water partition coefficient (Wildman–Crippen LogP) is 3.85. The van der Waals surface area contributed by atoms with Crippen LogP contribution < -0.4 is 19.9 Å². The standard InChI is InChI=1S/C29H33N9O3/c1-29(2,3)41-28(39)37-15-13-36(14-16-37)23-6-5-22(26(34-23)40-4)33-27-32-18-20-17-21(19-7-9-30-10-8-19)25-31-11-12-38(25)24(20)35-27/h5-10,17-18H,11-16H2,1-4H3,(H,32,33,35). The molecule has 1 amide bonds. The van der Waals surface area contributed by atoms with Gasteiger partial charge in [-0.3, -0.25) is 9.98 Å². The fraction of sp³-hybridized carbons (Fsp3) is 0.379. The number of ether oxygens (including phenoxy) is 2. The van der Waals surface area contributed by atoms with Crippen LogP contribution in [0.25, 0.3) is 11.6 Å². The smallest absolute Gasteiger partial charge is 0.410 e. The minimum Gasteiger partial charge on any atom is -0.479 e. The van der Waals surface area contributed by atoms with Gasteiger partial charge in [0.25, 0.3) is 0 Å². The number of pyridine rings is 2. The number of rotatable bonds is 5. The van der Waals surface area contributed by atoms with Crippen LogP contribution in [0.4, 0.5) is 28.1 Å². The lowest BCUT2D eigenvalue weighted by Gasteiger charge is -2.36. The van der Waals surface area contributed by atoms with Crippen molar-refractivity contribution >= 4 is 46.8 Å². The minimum absolute atomic E-state index is 0.288. The van der Waals surface area contributed by atoms with E-state index in [0.717, 1.165) is 40.7 Å². The molecule has 0 atom stereocenters. The van der Waals surface area contributed by atoms with Crippen molar-refractivity contribution in [2.24, 2.45) is 4.99 Å². The summed E-state index contributed by atoms with van der Waals surface area (Å²) in [5.41, 5.74) is 3.16. The van der Waals surface area contributed by atoms with Gasteiger partial charge in [-0.2, -0.15) is 9.97 Å². The molecule has 12 heteroatoms. The molecule has 3 aliphatic heterocycles. The molecule has 0 spiro atoms. The van der Waals surface area contributed by atoms with Gasteiger partial charge < -0.3 is 29.5 Å². The van der Waals surface area contributed by atoms with Crippen LogP contribution in [0.2, 0.25) is 0 Å². The highest BCUT2D eigenvalue weighted by Crippen LogP contribution is 2.36. The fourth-order valence-electron chi connectivity index (χ4n) is 5.03. The summed E-state index contributed by atoms with van der Waals surface area (Å²) >= 11 is 0. The molecule has 0 aliphatic carbocycles. The number of hydrogen-bond acceptors (Lipinski definition) is 11. The van der Waals surface area contributed by atoms with E-state index in [-0.39, 0.29) is 6.09 Å². The Balaban J connectivity index is 1.18. The summed E-state index contributed by atoms with van der Waals surface area (Å²) in [7, 11) is 1.59. The van der Waals surface area contributed by atoms with Crippen molar-refractivity contribution in [3.8, 4) is 5.88 Å². The van der Waals surface area contributed by atoms with E-state index in [1.165, 1.54) is 0 Å². The number of amidine groups is 1. The van der Waals surface area contributed by atoms with Crippen LogP contribution in [0, 0.1) is 0 Å². The molecule has 0 aromatic carbocycles. The van der Waals surface area contributed by atoms with Crippen molar-refractivity contribution in [3.05, 3.63) is 54.0 Å². The molecule has 41 heavy (non-hydrogen) atoms. The fourth-order valence-corrected chi connectivity index (χ4v) is 5.03. The number of fused-ring (bicyclic) bond motifs is 3. The van der Waals surface area contributed by atoms with E-state index in [1.54, 1.807) is 24.4 Å². The number of nitrogens with one attached hydrogen (secondary N) is 1. The summed E-state index contributed by atoms with van der Waals surface area (Å²) in [6, 6.07) is 7.81. The summed E-state index contributed by atoms with van der Waals surface area (Å²) in [6.07, 6.45) is 7.18. The van der Waals surface area contributed by atoms with Crippen molar-refractivity contribution in [2.75, 3.05) is 61.5 Å². The monoisotopic (exact) mass is 555 g/mol. The Kier molecular flexibility index (Phi) is 6.90. The van der Waals surface area contributed by atoms with Crippen molar-refractivity contribution in [1.82, 2.24) is 24.8 Å². The van der Waals surface area contributed by atoms with E-state index < -0.39 is 5.60 Å². The van der Waals surface area contributed by atoms with Gasteiger partial charge >= 0.3 is 6.09 Å². The Morgan fingerprint density at radius 2 is 1.78 bits per heavy atom. The molecule has 6 heterocycles. The SMILES string of the molecule is COc1nc(N2CCN(C(=O)OC(C)(C)C)CC2)ccc1Nc1ncc2c(n1)N1CCN=C1C(c1ccncc1)=C2. The van der Waals surface area contributed by atoms with E-state index in [4.69, 9.17) is 24.4 Å². The van der Waals surface area contributed by atoms with Crippen LogP contribution in [0.1, 0.15) is 31.9 Å². The first-order chi connectivity index (χ1) is 19.8. The first-order valence-electron chi connectivity index (χ1n) is 13.7. The molecule has 12 nitrogen and oxygen atoms in total. The van der Waals surface area contributed by atoms with E-state index in [9.17, 15) is 4.79 Å². The van der Waals surface area contributed by atoms with E-state index in [0.29, 0.717) is 50.2 Å². The Morgan fingerprint density at radius 3 is 2.51 bits per heavy atom. The molecular weight excluding hydrogens is 522 g/mol. The number of carbonyl (C=O) groups excluding carboxylic acids is 1. The normalized spacial score (nSPS) is 16.4. The first kappa shape index (κ1) is 26.5. The van der Waals surface area contributed by atoms with Crippen LogP contribution in [0.5, 0.6) is 5.88 Å². The number of hydrogen-bond donors (Lipinski definition) is 1. The number of aliphatic imine (C=N–C) groups is 1. The largest absolute Gasteiger partial charge is 0.479 e. The highest BCUT2D eigenvalue weighted by Gasteiger charge is 2.31. The van der Waals surface area contributed by atoms with Crippen LogP contribution in [-0.4, -0.2) is 88.7 Å². The highest BCUT2D eigenvalue weighted by atomic mass is 16.6. The number of piperazine rings is 1. The van der Waals surface area contributed by atoms with Gasteiger partial charge in [-0.25, -0.2) is 9.78 Å². The Bertz CT molecular complexity index is 1510. The number of nitrogens with zero attached hydrogens (tertiary/aromatic N) is 8. The van der Waals surface area contributed by atoms with Gasteiger partial charge in [0.1, 0.15) is 28.8 Å². The zero-order chi connectivity index (χ0) is 28.6. The quantitative estimate of drug-likeness (QED) is 0.497. The van der Waals surface area contributed by atoms with Crippen LogP contribution in [-0.2, 0) is 4.74 Å². The molecule has 0 radical (unpaired) electrons. The molecule has 3 aromatic rings. The van der Waals surface area contributed by atoms with Gasteiger partial charge in [0.15, 0.2) is 0 Å². The molecule has 212 valence electrons. The summed E-state index contributed by atoms with van der Waals surface area (Å²) < 4.78 is 11.1. The lowest BCUT2D eigenvalue weighted by atomic mass is 10.00. The summed E-state index contributed by atoms with van der Waals surface area (Å²) in [6.45, 7) is 9.47. The maximum absolute atomic E-state index is 12.4. The van der Waals surface area contributed by atoms with Gasteiger partial charge in [-0.15, -0.1) is 0 Å². The van der Waals surface area contributed by atoms with Gasteiger partial charge in [-0.05, 0) is 56.7 Å². The third-order valence-electron chi connectivity index (χ3n) is 6.97. The first-order valence-corrected chi connectivity index (χ1v) is 13.7. The molecule has 3 aromatic heterocycles. The number of amides is 1. The van der Waals surface area contributed by atoms with Crippen molar-refractivity contribution < 1.29 is 14.3 Å². The lowest BCUT2D eigenvalue weighted by molar-refractivity contribution is 0.0240. The molecule has 0 bridgehead atoms. The Labute approximate surface area is 238 Å². The van der Waals surface area contributed by atoms with E-state index >= 15 is 0 Å². The maximum Gasteiger partial charge on any atom is 0.410 e. The van der Waals surface area contributed by atoms with Crippen LogP contribution in [0.3, 0.4) is 0 Å². The molecular formula is C29H33N9O3. The van der Waals surface area contributed by atoms with Gasteiger partial charge in [0.05, 0.1) is 13.7 Å². The summed E-state index contributed by atoms with van der Waals surface area (Å²) in [5.74, 6) is 3.36. The van der Waals surface area contributed by atoms with Crippen LogP contribution >= 0.6 is 0 Å².